The summed E-state index contributed by atoms with van der Waals surface area (Å²) in [5.41, 5.74) is 0.174. The van der Waals surface area contributed by atoms with Crippen LogP contribution in [0.4, 0.5) is 42.5 Å². The predicted molar refractivity (Wildman–Crippen MR) is 104 cm³/mol. The van der Waals surface area contributed by atoms with E-state index in [1.165, 1.54) is 12.1 Å². The predicted octanol–water partition coefficient (Wildman–Crippen LogP) is 5.23. The van der Waals surface area contributed by atoms with Crippen molar-refractivity contribution in [3.63, 3.8) is 0 Å². The van der Waals surface area contributed by atoms with Crippen molar-refractivity contribution in [2.24, 2.45) is 11.0 Å². The summed E-state index contributed by atoms with van der Waals surface area (Å²) < 4.78 is 77.6. The topological polar surface area (TPSA) is 82.6 Å². The van der Waals surface area contributed by atoms with E-state index in [0.29, 0.717) is 23.4 Å². The van der Waals surface area contributed by atoms with Gasteiger partial charge in [0.2, 0.25) is 5.91 Å². The fourth-order valence-corrected chi connectivity index (χ4v) is 3.05. The summed E-state index contributed by atoms with van der Waals surface area (Å²) in [7, 11) is 0. The van der Waals surface area contributed by atoms with Crippen LogP contribution in [0.2, 0.25) is 0 Å². The van der Waals surface area contributed by atoms with Crippen LogP contribution >= 0.6 is 0 Å². The first kappa shape index (κ1) is 23.1. The van der Waals surface area contributed by atoms with Gasteiger partial charge in [-0.15, -0.1) is 0 Å². The Bertz CT molecular complexity index is 1030. The van der Waals surface area contributed by atoms with Gasteiger partial charge in [0.1, 0.15) is 0 Å². The number of nitrogens with zero attached hydrogens (tertiary/aromatic N) is 1. The maximum atomic E-state index is 12.9. The monoisotopic (exact) mass is 458 g/mol. The second kappa shape index (κ2) is 8.52. The number of carbonyl (C=O) groups is 2. The smallest absolute Gasteiger partial charge is 0.308 e. The first-order valence-corrected chi connectivity index (χ1v) is 9.17. The Labute approximate surface area is 177 Å². The van der Waals surface area contributed by atoms with Crippen molar-refractivity contribution in [1.82, 2.24) is 5.43 Å². The third-order valence-electron chi connectivity index (χ3n) is 4.54. The molecule has 0 bridgehead atoms. The molecule has 0 saturated carbocycles. The molecule has 1 aliphatic rings. The summed E-state index contributed by atoms with van der Waals surface area (Å²) in [5, 5.41) is 8.31. The van der Waals surface area contributed by atoms with E-state index in [-0.39, 0.29) is 30.0 Å². The summed E-state index contributed by atoms with van der Waals surface area (Å²) >= 11 is 0. The van der Waals surface area contributed by atoms with Gasteiger partial charge in [-0.1, -0.05) is 19.1 Å². The Morgan fingerprint density at radius 1 is 0.938 bits per heavy atom. The highest BCUT2D eigenvalue weighted by Gasteiger charge is 2.37. The lowest BCUT2D eigenvalue weighted by molar-refractivity contribution is -0.143. The summed E-state index contributed by atoms with van der Waals surface area (Å²) in [6, 6.07) is 5.94. The number of amides is 3. The molecule has 2 aromatic rings. The number of hydrazone groups is 1. The minimum atomic E-state index is -5.03. The summed E-state index contributed by atoms with van der Waals surface area (Å²) in [6.07, 6.45) is -9.79. The Kier molecular flexibility index (Phi) is 6.15. The zero-order chi connectivity index (χ0) is 23.7. The van der Waals surface area contributed by atoms with Crippen LogP contribution in [0.25, 0.3) is 0 Å². The molecule has 0 unspecified atom stereocenters. The van der Waals surface area contributed by atoms with Crippen LogP contribution in [-0.4, -0.2) is 17.6 Å². The number of nitrogens with one attached hydrogen (secondary N) is 3. The van der Waals surface area contributed by atoms with Gasteiger partial charge < -0.3 is 10.6 Å². The number of anilines is 2. The molecule has 3 amide bonds. The van der Waals surface area contributed by atoms with E-state index >= 15 is 0 Å². The maximum absolute atomic E-state index is 12.9. The highest BCUT2D eigenvalue weighted by atomic mass is 19.4. The molecule has 1 atom stereocenters. The van der Waals surface area contributed by atoms with Crippen LogP contribution < -0.4 is 16.1 Å². The number of carbonyl (C=O) groups excluding carboxylic acids is 2. The minimum absolute atomic E-state index is 0.0286. The second-order valence-corrected chi connectivity index (χ2v) is 7.09. The number of hydrogen-bond acceptors (Lipinski definition) is 3. The van der Waals surface area contributed by atoms with Gasteiger partial charge in [0.25, 0.3) is 0 Å². The van der Waals surface area contributed by atoms with E-state index in [4.69, 9.17) is 0 Å². The normalized spacial score (nSPS) is 16.8. The minimum Gasteiger partial charge on any atom is -0.308 e. The highest BCUT2D eigenvalue weighted by Crippen LogP contribution is 2.37. The van der Waals surface area contributed by atoms with E-state index in [0.717, 1.165) is 0 Å². The number of alkyl halides is 6. The molecule has 0 spiro atoms. The van der Waals surface area contributed by atoms with Gasteiger partial charge in [0.15, 0.2) is 0 Å². The van der Waals surface area contributed by atoms with Gasteiger partial charge in [0, 0.05) is 23.7 Å². The van der Waals surface area contributed by atoms with Crippen molar-refractivity contribution in [2.45, 2.75) is 25.7 Å². The Hall–Kier alpha value is -3.57. The van der Waals surface area contributed by atoms with Crippen molar-refractivity contribution in [3.8, 4) is 0 Å². The lowest BCUT2D eigenvalue weighted by Gasteiger charge is -2.19. The zero-order valence-corrected chi connectivity index (χ0v) is 16.4. The molecule has 0 aliphatic carbocycles. The van der Waals surface area contributed by atoms with Crippen LogP contribution in [-0.2, 0) is 17.1 Å². The van der Waals surface area contributed by atoms with Gasteiger partial charge >= 0.3 is 18.4 Å². The largest absolute Gasteiger partial charge is 0.416 e. The Morgan fingerprint density at radius 2 is 1.47 bits per heavy atom. The number of halogens is 6. The molecule has 3 rings (SSSR count). The first-order valence-electron chi connectivity index (χ1n) is 9.17. The molecule has 6 nitrogen and oxygen atoms in total. The maximum Gasteiger partial charge on any atom is 0.416 e. The number of hydrogen-bond donors (Lipinski definition) is 3. The van der Waals surface area contributed by atoms with Crippen LogP contribution in [0.3, 0.4) is 0 Å². The average Bonchev–Trinajstić information content (AvgIpc) is 2.67. The van der Waals surface area contributed by atoms with Crippen molar-refractivity contribution >= 4 is 29.0 Å². The van der Waals surface area contributed by atoms with Gasteiger partial charge in [-0.05, 0) is 35.9 Å². The van der Waals surface area contributed by atoms with E-state index in [9.17, 15) is 35.9 Å². The van der Waals surface area contributed by atoms with Crippen LogP contribution in [0, 0.1) is 5.92 Å². The SMILES string of the molecule is C[C@@H]1CC(=O)NN=C1c1ccc(NC(=O)Nc2cc(C(F)(F)F)cc(C(F)(F)F)c2)cc1. The van der Waals surface area contributed by atoms with E-state index < -0.39 is 35.2 Å². The van der Waals surface area contributed by atoms with Gasteiger partial charge in [-0.2, -0.15) is 31.4 Å². The fourth-order valence-electron chi connectivity index (χ4n) is 3.05. The molecule has 2 aromatic carbocycles. The van der Waals surface area contributed by atoms with E-state index in [1.807, 2.05) is 12.2 Å². The Morgan fingerprint density at radius 3 is 1.97 bits per heavy atom. The summed E-state index contributed by atoms with van der Waals surface area (Å²) in [5.74, 6) is -0.339. The molecule has 170 valence electrons. The van der Waals surface area contributed by atoms with E-state index in [1.54, 1.807) is 12.1 Å². The van der Waals surface area contributed by atoms with Crippen LogP contribution in [0.15, 0.2) is 47.6 Å². The lowest BCUT2D eigenvalue weighted by Crippen LogP contribution is -2.31. The first-order chi connectivity index (χ1) is 14.8. The van der Waals surface area contributed by atoms with Crippen molar-refractivity contribution in [2.75, 3.05) is 10.6 Å². The third-order valence-corrected chi connectivity index (χ3v) is 4.54. The quantitative estimate of drug-likeness (QED) is 0.551. The highest BCUT2D eigenvalue weighted by molar-refractivity contribution is 6.06. The molecule has 0 fully saturated rings. The van der Waals surface area contributed by atoms with Gasteiger partial charge in [0.05, 0.1) is 16.8 Å². The molecule has 0 radical (unpaired) electrons. The second-order valence-electron chi connectivity index (χ2n) is 7.09. The van der Waals surface area contributed by atoms with Gasteiger partial charge in [-0.3, -0.25) is 4.79 Å². The summed E-state index contributed by atoms with van der Waals surface area (Å²) in [4.78, 5) is 23.5. The standard InChI is InChI=1S/C20H16F6N4O2/c1-10-6-16(31)29-30-17(10)11-2-4-14(5-3-11)27-18(32)28-15-8-12(19(21,22)23)7-13(9-15)20(24,25)26/h2-5,7-10H,6H2,1H3,(H,29,31)(H2,27,28,32)/t10-/m1/s1. The summed E-state index contributed by atoms with van der Waals surface area (Å²) in [6.45, 7) is 1.82. The molecule has 0 aromatic heterocycles. The number of benzene rings is 2. The molecule has 3 N–H and O–H groups in total. The van der Waals surface area contributed by atoms with Crippen molar-refractivity contribution in [3.05, 3.63) is 59.2 Å². The molecule has 32 heavy (non-hydrogen) atoms. The number of urea groups is 1. The molecule has 12 heteroatoms. The van der Waals surface area contributed by atoms with Crippen molar-refractivity contribution < 1.29 is 35.9 Å². The van der Waals surface area contributed by atoms with Crippen LogP contribution in [0.5, 0.6) is 0 Å². The molecule has 1 aliphatic heterocycles. The third kappa shape index (κ3) is 5.56. The van der Waals surface area contributed by atoms with Crippen molar-refractivity contribution in [1.29, 1.82) is 0 Å². The molecular weight excluding hydrogens is 442 g/mol. The Balaban J connectivity index is 1.74. The lowest BCUT2D eigenvalue weighted by atomic mass is 9.94. The number of rotatable bonds is 3. The molecule has 0 saturated heterocycles. The van der Waals surface area contributed by atoms with Gasteiger partial charge in [-0.25, -0.2) is 10.2 Å². The zero-order valence-electron chi connectivity index (χ0n) is 16.4. The van der Waals surface area contributed by atoms with Crippen LogP contribution in [0.1, 0.15) is 30.0 Å². The molecular formula is C20H16F6N4O2. The van der Waals surface area contributed by atoms with E-state index in [2.05, 4.69) is 15.8 Å². The fraction of sp³-hybridized carbons (Fsp3) is 0.250. The molecule has 1 heterocycles. The average molecular weight is 458 g/mol.